The highest BCUT2D eigenvalue weighted by atomic mass is 16.5. The van der Waals surface area contributed by atoms with Gasteiger partial charge in [-0.15, -0.1) is 0 Å². The number of rotatable bonds is 6. The van der Waals surface area contributed by atoms with E-state index in [1.54, 1.807) is 0 Å². The molecule has 0 aromatic rings. The first-order valence-electron chi connectivity index (χ1n) is 4.98. The van der Waals surface area contributed by atoms with E-state index < -0.39 is 6.10 Å². The van der Waals surface area contributed by atoms with Crippen molar-refractivity contribution in [2.24, 2.45) is 0 Å². The van der Waals surface area contributed by atoms with Gasteiger partial charge >= 0.3 is 0 Å². The zero-order chi connectivity index (χ0) is 10.2. The molecule has 1 aliphatic rings. The molecule has 0 aromatic carbocycles. The van der Waals surface area contributed by atoms with E-state index in [9.17, 15) is 5.11 Å². The van der Waals surface area contributed by atoms with Crippen LogP contribution < -0.4 is 0 Å². The van der Waals surface area contributed by atoms with E-state index in [2.05, 4.69) is 0 Å². The summed E-state index contributed by atoms with van der Waals surface area (Å²) >= 11 is 0. The maximum atomic E-state index is 9.51. The average Bonchev–Trinajstić information content (AvgIpc) is 2.20. The van der Waals surface area contributed by atoms with Crippen molar-refractivity contribution >= 4 is 0 Å². The van der Waals surface area contributed by atoms with Crippen LogP contribution in [0.5, 0.6) is 0 Å². The molecule has 0 saturated heterocycles. The van der Waals surface area contributed by atoms with Gasteiger partial charge in [0.25, 0.3) is 0 Å². The molecule has 82 valence electrons. The second-order valence-electron chi connectivity index (χ2n) is 3.26. The Morgan fingerprint density at radius 2 is 1.93 bits per heavy atom. The van der Waals surface area contributed by atoms with Crippen LogP contribution in [0.3, 0.4) is 0 Å². The highest BCUT2D eigenvalue weighted by Gasteiger charge is 2.19. The zero-order valence-corrected chi connectivity index (χ0v) is 8.26. The normalized spacial score (nSPS) is 26.7. The third-order valence-electron chi connectivity index (χ3n) is 2.14. The minimum Gasteiger partial charge on any atom is -0.394 e. The van der Waals surface area contributed by atoms with E-state index in [1.165, 1.54) is 0 Å². The van der Waals surface area contributed by atoms with Gasteiger partial charge in [0.1, 0.15) is 0 Å². The third kappa shape index (κ3) is 4.19. The lowest BCUT2D eigenvalue weighted by Gasteiger charge is -2.24. The first-order valence-corrected chi connectivity index (χ1v) is 4.98. The molecule has 1 aliphatic carbocycles. The molecule has 0 fully saturated rings. The maximum absolute atomic E-state index is 9.51. The summed E-state index contributed by atoms with van der Waals surface area (Å²) in [5.41, 5.74) is 0. The van der Waals surface area contributed by atoms with Crippen LogP contribution in [0.1, 0.15) is 12.8 Å². The Bertz CT molecular complexity index is 170. The van der Waals surface area contributed by atoms with Crippen LogP contribution in [0.25, 0.3) is 0 Å². The molecule has 4 nitrogen and oxygen atoms in total. The second-order valence-corrected chi connectivity index (χ2v) is 3.26. The molecular formula is C10H18O4. The zero-order valence-electron chi connectivity index (χ0n) is 8.26. The molecule has 0 aromatic heterocycles. The van der Waals surface area contributed by atoms with Crippen LogP contribution in [-0.4, -0.2) is 48.8 Å². The van der Waals surface area contributed by atoms with Crippen molar-refractivity contribution in [3.8, 4) is 0 Å². The van der Waals surface area contributed by atoms with Crippen molar-refractivity contribution in [2.45, 2.75) is 25.0 Å². The van der Waals surface area contributed by atoms with Crippen molar-refractivity contribution in [1.82, 2.24) is 0 Å². The number of hydrogen-bond donors (Lipinski definition) is 2. The van der Waals surface area contributed by atoms with Gasteiger partial charge in [-0.25, -0.2) is 0 Å². The smallest absolute Gasteiger partial charge is 0.0872 e. The van der Waals surface area contributed by atoms with Gasteiger partial charge in [-0.2, -0.15) is 0 Å². The van der Waals surface area contributed by atoms with Crippen molar-refractivity contribution in [1.29, 1.82) is 0 Å². The fourth-order valence-corrected chi connectivity index (χ4v) is 1.38. The van der Waals surface area contributed by atoms with Crippen LogP contribution >= 0.6 is 0 Å². The molecule has 0 saturated carbocycles. The Morgan fingerprint density at radius 3 is 2.64 bits per heavy atom. The van der Waals surface area contributed by atoms with E-state index >= 15 is 0 Å². The lowest BCUT2D eigenvalue weighted by atomic mass is 10.0. The molecule has 14 heavy (non-hydrogen) atoms. The van der Waals surface area contributed by atoms with E-state index in [0.717, 1.165) is 6.42 Å². The second kappa shape index (κ2) is 6.95. The summed E-state index contributed by atoms with van der Waals surface area (Å²) in [7, 11) is 0. The van der Waals surface area contributed by atoms with E-state index in [-0.39, 0.29) is 12.7 Å². The summed E-state index contributed by atoms with van der Waals surface area (Å²) in [5, 5.41) is 18.0. The van der Waals surface area contributed by atoms with Gasteiger partial charge in [-0.1, -0.05) is 12.2 Å². The van der Waals surface area contributed by atoms with Crippen molar-refractivity contribution < 1.29 is 19.7 Å². The van der Waals surface area contributed by atoms with Gasteiger partial charge in [0, 0.05) is 0 Å². The Hall–Kier alpha value is -0.420. The molecule has 4 heteroatoms. The Kier molecular flexibility index (Phi) is 5.78. The standard InChI is InChI=1S/C10H18O4/c11-5-6-13-7-8-14-10-4-2-1-3-9(10)12/h1-2,9-12H,3-8H2. The molecule has 2 N–H and O–H groups in total. The molecule has 2 atom stereocenters. The van der Waals surface area contributed by atoms with Gasteiger partial charge in [0.2, 0.25) is 0 Å². The summed E-state index contributed by atoms with van der Waals surface area (Å²) in [6.45, 7) is 1.31. The van der Waals surface area contributed by atoms with Gasteiger partial charge in [-0.05, 0) is 12.8 Å². The van der Waals surface area contributed by atoms with Crippen molar-refractivity contribution in [2.75, 3.05) is 26.4 Å². The predicted octanol–water partition coefficient (Wildman–Crippen LogP) is 0.0914. The van der Waals surface area contributed by atoms with Crippen molar-refractivity contribution in [3.05, 3.63) is 12.2 Å². The molecule has 2 unspecified atom stereocenters. The average molecular weight is 202 g/mol. The summed E-state index contributed by atoms with van der Waals surface area (Å²) < 4.78 is 10.5. The summed E-state index contributed by atoms with van der Waals surface area (Å²) in [5.74, 6) is 0. The van der Waals surface area contributed by atoms with E-state index in [0.29, 0.717) is 26.2 Å². The minimum atomic E-state index is -0.391. The topological polar surface area (TPSA) is 58.9 Å². The maximum Gasteiger partial charge on any atom is 0.0872 e. The van der Waals surface area contributed by atoms with Crippen LogP contribution in [-0.2, 0) is 9.47 Å². The van der Waals surface area contributed by atoms with Crippen molar-refractivity contribution in [3.63, 3.8) is 0 Å². The molecule has 0 bridgehead atoms. The van der Waals surface area contributed by atoms with Crippen LogP contribution in [0.4, 0.5) is 0 Å². The van der Waals surface area contributed by atoms with E-state index in [1.807, 2.05) is 12.2 Å². The van der Waals surface area contributed by atoms with Gasteiger partial charge < -0.3 is 19.7 Å². The Balaban J connectivity index is 2.03. The number of aliphatic hydroxyl groups excluding tert-OH is 2. The molecule has 0 aliphatic heterocycles. The molecule has 0 amide bonds. The lowest BCUT2D eigenvalue weighted by Crippen LogP contribution is -2.31. The van der Waals surface area contributed by atoms with Gasteiger partial charge in [0.15, 0.2) is 0 Å². The van der Waals surface area contributed by atoms with Gasteiger partial charge in [0.05, 0.1) is 38.6 Å². The summed E-state index contributed by atoms with van der Waals surface area (Å²) in [4.78, 5) is 0. The van der Waals surface area contributed by atoms with E-state index in [4.69, 9.17) is 14.6 Å². The molecule has 0 spiro atoms. The lowest BCUT2D eigenvalue weighted by molar-refractivity contribution is -0.0579. The predicted molar refractivity (Wildman–Crippen MR) is 52.0 cm³/mol. The summed E-state index contributed by atoms with van der Waals surface area (Å²) in [6.07, 6.45) is 4.93. The van der Waals surface area contributed by atoms with Crippen LogP contribution in [0.15, 0.2) is 12.2 Å². The number of hydrogen-bond acceptors (Lipinski definition) is 4. The monoisotopic (exact) mass is 202 g/mol. The largest absolute Gasteiger partial charge is 0.394 e. The summed E-state index contributed by atoms with van der Waals surface area (Å²) in [6, 6.07) is 0. The number of ether oxygens (including phenoxy) is 2. The fourth-order valence-electron chi connectivity index (χ4n) is 1.38. The molecule has 0 radical (unpaired) electrons. The highest BCUT2D eigenvalue weighted by molar-refractivity contribution is 4.95. The SMILES string of the molecule is OCCOCCOC1CC=CCC1O. The first-order chi connectivity index (χ1) is 6.84. The minimum absolute atomic E-state index is 0.0365. The Labute approximate surface area is 84.1 Å². The Morgan fingerprint density at radius 1 is 1.14 bits per heavy atom. The van der Waals surface area contributed by atoms with Crippen LogP contribution in [0.2, 0.25) is 0 Å². The van der Waals surface area contributed by atoms with Gasteiger partial charge in [-0.3, -0.25) is 0 Å². The molecule has 1 rings (SSSR count). The first kappa shape index (κ1) is 11.7. The number of aliphatic hydroxyl groups is 2. The molecule has 0 heterocycles. The fraction of sp³-hybridized carbons (Fsp3) is 0.800. The molecular weight excluding hydrogens is 184 g/mol. The highest BCUT2D eigenvalue weighted by Crippen LogP contribution is 2.14. The third-order valence-corrected chi connectivity index (χ3v) is 2.14. The quantitative estimate of drug-likeness (QED) is 0.473. The van der Waals surface area contributed by atoms with Crippen LogP contribution in [0, 0.1) is 0 Å².